The predicted molar refractivity (Wildman–Crippen MR) is 74.3 cm³/mol. The second kappa shape index (κ2) is 5.31. The van der Waals surface area contributed by atoms with Crippen LogP contribution in [0.2, 0.25) is 0 Å². The molecule has 1 aromatic rings. The second-order valence-corrected chi connectivity index (χ2v) is 5.72. The Hall–Kier alpha value is -1.02. The van der Waals surface area contributed by atoms with Crippen molar-refractivity contribution in [3.8, 4) is 5.75 Å². The van der Waals surface area contributed by atoms with Crippen molar-refractivity contribution in [3.63, 3.8) is 0 Å². The van der Waals surface area contributed by atoms with Crippen LogP contribution in [0.4, 0.5) is 0 Å². The molecule has 0 aliphatic carbocycles. The van der Waals surface area contributed by atoms with E-state index in [9.17, 15) is 0 Å². The van der Waals surface area contributed by atoms with Crippen molar-refractivity contribution in [2.24, 2.45) is 5.92 Å². The van der Waals surface area contributed by atoms with Crippen LogP contribution in [-0.4, -0.2) is 19.3 Å². The number of hydrogen-bond donors (Lipinski definition) is 0. The minimum Gasteiger partial charge on any atom is -0.496 e. The molecule has 0 amide bonds. The summed E-state index contributed by atoms with van der Waals surface area (Å²) in [6.45, 7) is 8.83. The van der Waals surface area contributed by atoms with Crippen molar-refractivity contribution < 1.29 is 9.47 Å². The molecule has 100 valence electrons. The molecule has 0 N–H and O–H groups in total. The summed E-state index contributed by atoms with van der Waals surface area (Å²) < 4.78 is 11.0. The Morgan fingerprint density at radius 1 is 1.28 bits per heavy atom. The fraction of sp³-hybridized carbons (Fsp3) is 0.625. The molecule has 1 heterocycles. The van der Waals surface area contributed by atoms with E-state index in [0.29, 0.717) is 24.0 Å². The first kappa shape index (κ1) is 13.4. The molecule has 0 saturated carbocycles. The lowest BCUT2D eigenvalue weighted by Crippen LogP contribution is -2.09. The number of rotatable bonds is 5. The molecular formula is C16H24O2. The third-order valence-electron chi connectivity index (χ3n) is 3.79. The van der Waals surface area contributed by atoms with Gasteiger partial charge in [0.2, 0.25) is 0 Å². The maximum absolute atomic E-state index is 5.55. The van der Waals surface area contributed by atoms with E-state index in [4.69, 9.17) is 9.47 Å². The fourth-order valence-corrected chi connectivity index (χ4v) is 2.65. The molecule has 0 bridgehead atoms. The first-order valence-corrected chi connectivity index (χ1v) is 6.85. The average molecular weight is 248 g/mol. The Labute approximate surface area is 110 Å². The predicted octanol–water partition coefficient (Wildman–Crippen LogP) is 3.78. The summed E-state index contributed by atoms with van der Waals surface area (Å²) in [5.74, 6) is 2.08. The number of ether oxygens (including phenoxy) is 2. The number of benzene rings is 1. The van der Waals surface area contributed by atoms with Crippen molar-refractivity contribution in [2.75, 3.05) is 7.11 Å². The van der Waals surface area contributed by atoms with E-state index < -0.39 is 0 Å². The average Bonchev–Trinajstić information content (AvgIpc) is 3.06. The molecule has 18 heavy (non-hydrogen) atoms. The van der Waals surface area contributed by atoms with Gasteiger partial charge in [0.15, 0.2) is 0 Å². The molecule has 1 aliphatic rings. The van der Waals surface area contributed by atoms with Gasteiger partial charge in [0.25, 0.3) is 0 Å². The zero-order valence-electron chi connectivity index (χ0n) is 12.1. The number of epoxide rings is 1. The first-order chi connectivity index (χ1) is 8.52. The molecule has 0 aromatic heterocycles. The monoisotopic (exact) mass is 248 g/mol. The van der Waals surface area contributed by atoms with Gasteiger partial charge in [-0.15, -0.1) is 0 Å². The highest BCUT2D eigenvalue weighted by Gasteiger charge is 2.38. The summed E-state index contributed by atoms with van der Waals surface area (Å²) in [7, 11) is 1.74. The van der Waals surface area contributed by atoms with Gasteiger partial charge in [-0.3, -0.25) is 0 Å². The van der Waals surface area contributed by atoms with Crippen LogP contribution >= 0.6 is 0 Å². The molecule has 3 unspecified atom stereocenters. The maximum atomic E-state index is 5.55. The van der Waals surface area contributed by atoms with Crippen LogP contribution < -0.4 is 4.74 Å². The molecule has 1 aromatic carbocycles. The lowest BCUT2D eigenvalue weighted by Gasteiger charge is -2.15. The summed E-state index contributed by atoms with van der Waals surface area (Å²) in [4.78, 5) is 0. The molecule has 2 nitrogen and oxygen atoms in total. The van der Waals surface area contributed by atoms with Gasteiger partial charge >= 0.3 is 0 Å². The Morgan fingerprint density at radius 2 is 1.94 bits per heavy atom. The minimum atomic E-state index is 0.447. The third-order valence-corrected chi connectivity index (χ3v) is 3.79. The molecule has 2 heteroatoms. The number of methoxy groups -OCH3 is 1. The molecule has 1 fully saturated rings. The Kier molecular flexibility index (Phi) is 3.96. The SMILES string of the molecule is COc1ccc(CC(C)C2OC2C)cc1C(C)C. The molecule has 0 radical (unpaired) electrons. The van der Waals surface area contributed by atoms with Gasteiger partial charge in [-0.2, -0.15) is 0 Å². The summed E-state index contributed by atoms with van der Waals surface area (Å²) in [5.41, 5.74) is 2.68. The van der Waals surface area contributed by atoms with Gasteiger partial charge in [-0.1, -0.05) is 32.9 Å². The zero-order chi connectivity index (χ0) is 13.3. The summed E-state index contributed by atoms with van der Waals surface area (Å²) in [6, 6.07) is 6.55. The molecule has 1 saturated heterocycles. The van der Waals surface area contributed by atoms with E-state index in [0.717, 1.165) is 12.2 Å². The first-order valence-electron chi connectivity index (χ1n) is 6.85. The maximum Gasteiger partial charge on any atom is 0.122 e. The Balaban J connectivity index is 2.11. The van der Waals surface area contributed by atoms with E-state index in [1.165, 1.54) is 11.1 Å². The van der Waals surface area contributed by atoms with Gasteiger partial charge in [0, 0.05) is 0 Å². The normalized spacial score (nSPS) is 24.1. The van der Waals surface area contributed by atoms with E-state index in [1.54, 1.807) is 7.11 Å². The Bertz CT molecular complexity index is 412. The quantitative estimate of drug-likeness (QED) is 0.740. The summed E-state index contributed by atoms with van der Waals surface area (Å²) in [6.07, 6.45) is 1.98. The van der Waals surface area contributed by atoms with Crippen LogP contribution in [0, 0.1) is 5.92 Å². The van der Waals surface area contributed by atoms with Crippen molar-refractivity contribution in [1.82, 2.24) is 0 Å². The fourth-order valence-electron chi connectivity index (χ4n) is 2.65. The third kappa shape index (κ3) is 2.86. The van der Waals surface area contributed by atoms with Crippen LogP contribution in [0.3, 0.4) is 0 Å². The van der Waals surface area contributed by atoms with Crippen molar-refractivity contribution in [2.45, 2.75) is 52.2 Å². The van der Waals surface area contributed by atoms with Crippen molar-refractivity contribution in [3.05, 3.63) is 29.3 Å². The van der Waals surface area contributed by atoms with Crippen LogP contribution in [-0.2, 0) is 11.2 Å². The van der Waals surface area contributed by atoms with Gasteiger partial charge < -0.3 is 9.47 Å². The van der Waals surface area contributed by atoms with Crippen LogP contribution in [0.15, 0.2) is 18.2 Å². The van der Waals surface area contributed by atoms with E-state index in [1.807, 2.05) is 0 Å². The Morgan fingerprint density at radius 3 is 2.44 bits per heavy atom. The summed E-state index contributed by atoms with van der Waals surface area (Å²) >= 11 is 0. The van der Waals surface area contributed by atoms with E-state index in [2.05, 4.69) is 45.9 Å². The van der Waals surface area contributed by atoms with Gasteiger partial charge in [-0.05, 0) is 42.4 Å². The zero-order valence-corrected chi connectivity index (χ0v) is 12.1. The van der Waals surface area contributed by atoms with Crippen molar-refractivity contribution >= 4 is 0 Å². The highest BCUT2D eigenvalue weighted by molar-refractivity contribution is 5.39. The second-order valence-electron chi connectivity index (χ2n) is 5.72. The highest BCUT2D eigenvalue weighted by atomic mass is 16.6. The topological polar surface area (TPSA) is 21.8 Å². The van der Waals surface area contributed by atoms with E-state index >= 15 is 0 Å². The molecule has 2 rings (SSSR count). The number of hydrogen-bond acceptors (Lipinski definition) is 2. The largest absolute Gasteiger partial charge is 0.496 e. The van der Waals surface area contributed by atoms with Crippen LogP contribution in [0.5, 0.6) is 5.75 Å². The molecular weight excluding hydrogens is 224 g/mol. The highest BCUT2D eigenvalue weighted by Crippen LogP contribution is 2.33. The van der Waals surface area contributed by atoms with Crippen LogP contribution in [0.1, 0.15) is 44.7 Å². The lowest BCUT2D eigenvalue weighted by atomic mass is 9.93. The molecule has 3 atom stereocenters. The minimum absolute atomic E-state index is 0.447. The van der Waals surface area contributed by atoms with Gasteiger partial charge in [0.05, 0.1) is 19.3 Å². The molecule has 0 spiro atoms. The smallest absolute Gasteiger partial charge is 0.122 e. The summed E-state index contributed by atoms with van der Waals surface area (Å²) in [5, 5.41) is 0. The van der Waals surface area contributed by atoms with Crippen molar-refractivity contribution in [1.29, 1.82) is 0 Å². The standard InChI is InChI=1S/C16H24O2/c1-10(2)14-9-13(6-7-15(14)17-5)8-11(3)16-12(4)18-16/h6-7,9-12,16H,8H2,1-5H3. The lowest BCUT2D eigenvalue weighted by molar-refractivity contribution is 0.328. The van der Waals surface area contributed by atoms with Gasteiger partial charge in [-0.25, -0.2) is 0 Å². The van der Waals surface area contributed by atoms with E-state index in [-0.39, 0.29) is 0 Å². The molecule has 1 aliphatic heterocycles. The van der Waals surface area contributed by atoms with Crippen LogP contribution in [0.25, 0.3) is 0 Å². The van der Waals surface area contributed by atoms with Gasteiger partial charge in [0.1, 0.15) is 5.75 Å².